The molecule has 2 fully saturated rings. The fourth-order valence-corrected chi connectivity index (χ4v) is 8.46. The quantitative estimate of drug-likeness (QED) is 0.127. The first kappa shape index (κ1) is 39.3. The monoisotopic (exact) mass is 697 g/mol. The Labute approximate surface area is 295 Å². The summed E-state index contributed by atoms with van der Waals surface area (Å²) in [5, 5.41) is 19.1. The number of ether oxygens (including phenoxy) is 1. The number of benzene rings is 1. The molecule has 0 amide bonds. The van der Waals surface area contributed by atoms with Crippen molar-refractivity contribution in [1.29, 1.82) is 0 Å². The van der Waals surface area contributed by atoms with Crippen molar-refractivity contribution in [3.8, 4) is 5.69 Å². The van der Waals surface area contributed by atoms with Crippen LogP contribution in [-0.2, 0) is 27.1 Å². The molecule has 7 nitrogen and oxygen atoms in total. The van der Waals surface area contributed by atoms with Crippen LogP contribution in [0.1, 0.15) is 124 Å². The molecule has 274 valence electrons. The number of carbonyl (C=O) groups excluding carboxylic acids is 2. The number of fused-ring (bicyclic) bond motifs is 1. The predicted molar refractivity (Wildman–Crippen MR) is 188 cm³/mol. The van der Waals surface area contributed by atoms with Crippen LogP contribution < -0.4 is 0 Å². The van der Waals surface area contributed by atoms with Crippen LogP contribution in [0.4, 0.5) is 13.2 Å². The number of hydrogen-bond donors (Lipinski definition) is 1. The van der Waals surface area contributed by atoms with Crippen molar-refractivity contribution in [3.05, 3.63) is 76.7 Å². The highest BCUT2D eigenvalue weighted by Gasteiger charge is 2.59. The third-order valence-corrected chi connectivity index (χ3v) is 11.4. The molecule has 2 saturated carbocycles. The Hall–Kier alpha value is -3.53. The standard InChI is InChI=1S/C40H54F3N3O4/c1-27(13-10-14-28(2)16-12-20-34-38(6)23-22-35(47)37(4,5)33(38)21-24-39(34,7)49)15-11-17-29(3)36(48)50-26-30-25-46(45-44-30)32-19-9-8-18-31(32)40(41,42)43/h8-9,13,16-19,25,33-34,49H,10-12,14-15,20-24,26H2,1-7H3/b27-13+,28-16+,29-17+/t33-,34-,38+,39-/m1/s1. The molecule has 2 aliphatic carbocycles. The normalized spacial score (nSPS) is 26.1. The largest absolute Gasteiger partial charge is 0.456 e. The summed E-state index contributed by atoms with van der Waals surface area (Å²) < 4.78 is 46.4. The number of rotatable bonds is 13. The summed E-state index contributed by atoms with van der Waals surface area (Å²) in [7, 11) is 0. The molecule has 0 unspecified atom stereocenters. The van der Waals surface area contributed by atoms with Gasteiger partial charge in [0.05, 0.1) is 23.0 Å². The number of halogens is 3. The molecule has 0 aliphatic heterocycles. The van der Waals surface area contributed by atoms with E-state index in [-0.39, 0.29) is 34.7 Å². The number of hydrogen-bond acceptors (Lipinski definition) is 6. The highest BCUT2D eigenvalue weighted by molar-refractivity contribution is 5.87. The minimum atomic E-state index is -4.54. The third kappa shape index (κ3) is 9.22. The number of allylic oxidation sites excluding steroid dienone is 5. The average molecular weight is 698 g/mol. The molecule has 2 aromatic rings. The van der Waals surface area contributed by atoms with Gasteiger partial charge in [0.1, 0.15) is 18.1 Å². The van der Waals surface area contributed by atoms with E-state index in [0.717, 1.165) is 62.1 Å². The first-order chi connectivity index (χ1) is 23.4. The molecule has 2 aliphatic rings. The maximum absolute atomic E-state index is 13.4. The molecule has 0 bridgehead atoms. The SMILES string of the molecule is C/C(=C\CC/C(C)=C/CC[C@@H]1[C@@]2(C)CCC(=O)C(C)(C)[C@H]2CC[C@@]1(C)O)CC/C=C(\C)C(=O)OCc1cn(-c2ccccc2C(F)(F)F)nn1. The first-order valence-electron chi connectivity index (χ1n) is 17.8. The van der Waals surface area contributed by atoms with Gasteiger partial charge in [-0.3, -0.25) is 4.79 Å². The molecule has 4 atom stereocenters. The van der Waals surface area contributed by atoms with E-state index in [1.54, 1.807) is 6.92 Å². The first-order valence-corrected chi connectivity index (χ1v) is 17.8. The lowest BCUT2D eigenvalue weighted by atomic mass is 9.45. The summed E-state index contributed by atoms with van der Waals surface area (Å²) in [5.74, 6) is 0.312. The fraction of sp³-hybridized carbons (Fsp3) is 0.600. The van der Waals surface area contributed by atoms with Gasteiger partial charge in [0.2, 0.25) is 0 Å². The van der Waals surface area contributed by atoms with Gasteiger partial charge in [-0.2, -0.15) is 13.2 Å². The maximum Gasteiger partial charge on any atom is 0.418 e. The molecule has 4 rings (SSSR count). The third-order valence-electron chi connectivity index (χ3n) is 11.4. The van der Waals surface area contributed by atoms with E-state index in [9.17, 15) is 27.9 Å². The van der Waals surface area contributed by atoms with E-state index in [0.29, 0.717) is 30.1 Å². The Balaban J connectivity index is 1.20. The van der Waals surface area contributed by atoms with Crippen molar-refractivity contribution >= 4 is 11.8 Å². The number of aromatic nitrogens is 3. The van der Waals surface area contributed by atoms with E-state index < -0.39 is 23.3 Å². The van der Waals surface area contributed by atoms with E-state index in [2.05, 4.69) is 57.1 Å². The van der Waals surface area contributed by atoms with Crippen molar-refractivity contribution in [1.82, 2.24) is 15.0 Å². The van der Waals surface area contributed by atoms with Gasteiger partial charge in [-0.05, 0) is 115 Å². The molecule has 0 saturated heterocycles. The zero-order valence-corrected chi connectivity index (χ0v) is 30.7. The van der Waals surface area contributed by atoms with E-state index in [4.69, 9.17) is 4.74 Å². The second-order valence-corrected chi connectivity index (χ2v) is 15.5. The van der Waals surface area contributed by atoms with Crippen LogP contribution in [0.15, 0.2) is 65.4 Å². The second-order valence-electron chi connectivity index (χ2n) is 15.5. The van der Waals surface area contributed by atoms with Crippen LogP contribution in [0.2, 0.25) is 0 Å². The van der Waals surface area contributed by atoms with Gasteiger partial charge in [0.25, 0.3) is 0 Å². The minimum absolute atomic E-state index is 0.0401. The van der Waals surface area contributed by atoms with Crippen LogP contribution >= 0.6 is 0 Å². The van der Waals surface area contributed by atoms with Crippen LogP contribution in [0.5, 0.6) is 0 Å². The Morgan fingerprint density at radius 3 is 2.32 bits per heavy atom. The molecule has 50 heavy (non-hydrogen) atoms. The van der Waals surface area contributed by atoms with Gasteiger partial charge in [-0.1, -0.05) is 67.5 Å². The van der Waals surface area contributed by atoms with Crippen molar-refractivity contribution in [2.24, 2.45) is 22.7 Å². The lowest BCUT2D eigenvalue weighted by molar-refractivity contribution is -0.177. The lowest BCUT2D eigenvalue weighted by Crippen LogP contribution is -2.59. The Morgan fingerprint density at radius 2 is 1.64 bits per heavy atom. The molecular weight excluding hydrogens is 643 g/mol. The summed E-state index contributed by atoms with van der Waals surface area (Å²) in [6, 6.07) is 5.07. The average Bonchev–Trinajstić information content (AvgIpc) is 3.51. The van der Waals surface area contributed by atoms with Crippen LogP contribution in [-0.4, -0.2) is 37.5 Å². The van der Waals surface area contributed by atoms with E-state index in [1.807, 2.05) is 13.0 Å². The smallest absolute Gasteiger partial charge is 0.418 e. The van der Waals surface area contributed by atoms with Crippen LogP contribution in [0.25, 0.3) is 5.69 Å². The summed E-state index contributed by atoms with van der Waals surface area (Å²) in [5.41, 5.74) is 1.17. The molecule has 1 heterocycles. The summed E-state index contributed by atoms with van der Waals surface area (Å²) in [4.78, 5) is 25.3. The van der Waals surface area contributed by atoms with Gasteiger partial charge in [-0.15, -0.1) is 5.10 Å². The summed E-state index contributed by atoms with van der Waals surface area (Å²) in [6.07, 6.45) is 11.4. The number of ketones is 1. The number of Topliss-reactive ketones (excluding diaryl/α,β-unsaturated/α-hetero) is 1. The Morgan fingerprint density at radius 1 is 1.00 bits per heavy atom. The molecule has 10 heteroatoms. The second kappa shape index (κ2) is 15.8. The van der Waals surface area contributed by atoms with E-state index >= 15 is 0 Å². The van der Waals surface area contributed by atoms with Crippen LogP contribution in [0, 0.1) is 22.7 Å². The topological polar surface area (TPSA) is 94.3 Å². The van der Waals surface area contributed by atoms with E-state index in [1.165, 1.54) is 35.5 Å². The molecular formula is C40H54F3N3O4. The fourth-order valence-electron chi connectivity index (χ4n) is 8.46. The summed E-state index contributed by atoms with van der Waals surface area (Å²) in [6.45, 7) is 14.2. The molecule has 1 aromatic heterocycles. The number of carbonyl (C=O) groups is 2. The molecule has 1 N–H and O–H groups in total. The molecule has 1 aromatic carbocycles. The van der Waals surface area contributed by atoms with Crippen LogP contribution in [0.3, 0.4) is 0 Å². The maximum atomic E-state index is 13.4. The van der Waals surface area contributed by atoms with Crippen molar-refractivity contribution in [3.63, 3.8) is 0 Å². The number of para-hydroxylation sites is 1. The highest BCUT2D eigenvalue weighted by Crippen LogP contribution is 2.62. The molecule has 0 spiro atoms. The van der Waals surface area contributed by atoms with Crippen molar-refractivity contribution < 1.29 is 32.6 Å². The molecule has 0 radical (unpaired) electrons. The van der Waals surface area contributed by atoms with Gasteiger partial charge in [-0.25, -0.2) is 9.48 Å². The van der Waals surface area contributed by atoms with Gasteiger partial charge >= 0.3 is 12.1 Å². The number of alkyl halides is 3. The van der Waals surface area contributed by atoms with Crippen molar-refractivity contribution in [2.45, 2.75) is 131 Å². The number of aliphatic hydroxyl groups is 1. The lowest BCUT2D eigenvalue weighted by Gasteiger charge is -2.60. The van der Waals surface area contributed by atoms with Gasteiger partial charge < -0.3 is 9.84 Å². The zero-order chi connectivity index (χ0) is 36.9. The number of nitrogens with zero attached hydrogens (tertiary/aromatic N) is 3. The Bertz CT molecular complexity index is 1620. The minimum Gasteiger partial charge on any atom is -0.456 e. The predicted octanol–water partition coefficient (Wildman–Crippen LogP) is 9.68. The summed E-state index contributed by atoms with van der Waals surface area (Å²) >= 11 is 0. The number of esters is 1. The highest BCUT2D eigenvalue weighted by atomic mass is 19.4. The van der Waals surface area contributed by atoms with Gasteiger partial charge in [0, 0.05) is 17.4 Å². The Kier molecular flexibility index (Phi) is 12.4. The van der Waals surface area contributed by atoms with Gasteiger partial charge in [0.15, 0.2) is 0 Å². The zero-order valence-electron chi connectivity index (χ0n) is 30.7. The van der Waals surface area contributed by atoms with Crippen molar-refractivity contribution in [2.75, 3.05) is 0 Å².